The van der Waals surface area contributed by atoms with Crippen LogP contribution in [0.15, 0.2) is 42.6 Å². The Balaban J connectivity index is 1.82. The van der Waals surface area contributed by atoms with E-state index in [4.69, 9.17) is 0 Å². The Labute approximate surface area is 98.9 Å². The van der Waals surface area contributed by atoms with Crippen LogP contribution in [-0.2, 0) is 13.0 Å². The van der Waals surface area contributed by atoms with Gasteiger partial charge in [-0.3, -0.25) is 4.68 Å². The Morgan fingerprint density at radius 3 is 2.53 bits per heavy atom. The molecule has 0 saturated carbocycles. The molecule has 0 N–H and O–H groups in total. The molecule has 2 rings (SSSR count). The van der Waals surface area contributed by atoms with Crippen LogP contribution in [0.3, 0.4) is 0 Å². The molecule has 1 aromatic carbocycles. The minimum Gasteiger partial charge on any atom is -0.272 e. The lowest BCUT2D eigenvalue weighted by Gasteiger charge is -2.02. The van der Waals surface area contributed by atoms with E-state index in [9.17, 15) is 8.78 Å². The third kappa shape index (κ3) is 3.37. The molecule has 2 nitrogen and oxygen atoms in total. The Morgan fingerprint density at radius 2 is 1.88 bits per heavy atom. The second-order valence-electron chi connectivity index (χ2n) is 3.89. The van der Waals surface area contributed by atoms with Crippen molar-refractivity contribution in [3.63, 3.8) is 0 Å². The minimum absolute atomic E-state index is 0.148. The van der Waals surface area contributed by atoms with Gasteiger partial charge in [-0.2, -0.15) is 5.10 Å². The lowest BCUT2D eigenvalue weighted by atomic mass is 10.1. The zero-order valence-electron chi connectivity index (χ0n) is 9.39. The summed E-state index contributed by atoms with van der Waals surface area (Å²) in [5.41, 5.74) is 1.11. The van der Waals surface area contributed by atoms with Crippen LogP contribution in [0.5, 0.6) is 0 Å². The van der Waals surface area contributed by atoms with Gasteiger partial charge in [0.05, 0.1) is 0 Å². The van der Waals surface area contributed by atoms with Gasteiger partial charge in [0.2, 0.25) is 0 Å². The summed E-state index contributed by atoms with van der Waals surface area (Å²) >= 11 is 0. The molecule has 17 heavy (non-hydrogen) atoms. The number of halogens is 2. The van der Waals surface area contributed by atoms with Gasteiger partial charge < -0.3 is 0 Å². The number of nitrogens with zero attached hydrogens (tertiary/aromatic N) is 2. The van der Waals surface area contributed by atoms with Gasteiger partial charge in [0.25, 0.3) is 6.43 Å². The number of aromatic nitrogens is 2. The third-order valence-corrected chi connectivity index (χ3v) is 2.58. The lowest BCUT2D eigenvalue weighted by molar-refractivity contribution is 0.145. The SMILES string of the molecule is FC(F)c1ccn(CCCc2ccccc2)n1. The Morgan fingerprint density at radius 1 is 1.12 bits per heavy atom. The molecule has 0 unspecified atom stereocenters. The summed E-state index contributed by atoms with van der Waals surface area (Å²) in [6, 6.07) is 11.5. The zero-order valence-corrected chi connectivity index (χ0v) is 9.39. The Kier molecular flexibility index (Phi) is 3.85. The molecule has 0 aliphatic rings. The first kappa shape index (κ1) is 11.8. The van der Waals surface area contributed by atoms with E-state index in [2.05, 4.69) is 17.2 Å². The van der Waals surface area contributed by atoms with E-state index in [0.29, 0.717) is 6.54 Å². The van der Waals surface area contributed by atoms with Gasteiger partial charge in [-0.05, 0) is 24.5 Å². The van der Waals surface area contributed by atoms with Crippen LogP contribution < -0.4 is 0 Å². The van der Waals surface area contributed by atoms with Crippen LogP contribution in [-0.4, -0.2) is 9.78 Å². The summed E-state index contributed by atoms with van der Waals surface area (Å²) < 4.78 is 26.2. The molecular formula is C13H14F2N2. The van der Waals surface area contributed by atoms with Crippen LogP contribution in [0, 0.1) is 0 Å². The topological polar surface area (TPSA) is 17.8 Å². The number of benzene rings is 1. The zero-order chi connectivity index (χ0) is 12.1. The molecule has 0 aliphatic carbocycles. The van der Waals surface area contributed by atoms with Gasteiger partial charge in [-0.1, -0.05) is 30.3 Å². The fourth-order valence-electron chi connectivity index (χ4n) is 1.71. The molecular weight excluding hydrogens is 222 g/mol. The van der Waals surface area contributed by atoms with Crippen LogP contribution in [0.25, 0.3) is 0 Å². The molecule has 0 spiro atoms. The maximum Gasteiger partial charge on any atom is 0.282 e. The number of hydrogen-bond donors (Lipinski definition) is 0. The molecule has 0 radical (unpaired) electrons. The fourth-order valence-corrected chi connectivity index (χ4v) is 1.71. The summed E-state index contributed by atoms with van der Waals surface area (Å²) in [4.78, 5) is 0. The van der Waals surface area contributed by atoms with Gasteiger partial charge >= 0.3 is 0 Å². The Hall–Kier alpha value is -1.71. The summed E-state index contributed by atoms with van der Waals surface area (Å²) in [6.07, 6.45) is 0.955. The fraction of sp³-hybridized carbons (Fsp3) is 0.308. The summed E-state index contributed by atoms with van der Waals surface area (Å²) in [6.45, 7) is 0.668. The normalized spacial score (nSPS) is 11.0. The molecule has 0 atom stereocenters. The predicted molar refractivity (Wildman–Crippen MR) is 61.9 cm³/mol. The number of aryl methyl sites for hydroxylation is 2. The van der Waals surface area contributed by atoms with Gasteiger partial charge in [-0.25, -0.2) is 8.78 Å². The second kappa shape index (κ2) is 5.57. The highest BCUT2D eigenvalue weighted by atomic mass is 19.3. The van der Waals surface area contributed by atoms with E-state index in [1.54, 1.807) is 10.9 Å². The first-order valence-electron chi connectivity index (χ1n) is 5.61. The predicted octanol–water partition coefficient (Wildman–Crippen LogP) is 3.45. The van der Waals surface area contributed by atoms with Gasteiger partial charge in [0.15, 0.2) is 0 Å². The Bertz CT molecular complexity index is 451. The van der Waals surface area contributed by atoms with E-state index >= 15 is 0 Å². The van der Waals surface area contributed by atoms with Crippen molar-refractivity contribution in [3.8, 4) is 0 Å². The van der Waals surface area contributed by atoms with Gasteiger partial charge in [0.1, 0.15) is 5.69 Å². The molecule has 0 saturated heterocycles. The molecule has 2 aromatic rings. The molecule has 0 bridgehead atoms. The minimum atomic E-state index is -2.48. The van der Waals surface area contributed by atoms with Crippen molar-refractivity contribution in [1.29, 1.82) is 0 Å². The highest BCUT2D eigenvalue weighted by Gasteiger charge is 2.09. The van der Waals surface area contributed by atoms with Crippen LogP contribution in [0.1, 0.15) is 24.1 Å². The molecule has 4 heteroatoms. The second-order valence-corrected chi connectivity index (χ2v) is 3.89. The van der Waals surface area contributed by atoms with E-state index in [1.807, 2.05) is 18.2 Å². The van der Waals surface area contributed by atoms with E-state index < -0.39 is 6.43 Å². The van der Waals surface area contributed by atoms with E-state index in [0.717, 1.165) is 12.8 Å². The maximum atomic E-state index is 12.3. The first-order chi connectivity index (χ1) is 8.25. The summed E-state index contributed by atoms with van der Waals surface area (Å²) in [7, 11) is 0. The maximum absolute atomic E-state index is 12.3. The average molecular weight is 236 g/mol. The van der Waals surface area contributed by atoms with Crippen molar-refractivity contribution in [2.75, 3.05) is 0 Å². The molecule has 1 aromatic heterocycles. The van der Waals surface area contributed by atoms with Crippen molar-refractivity contribution >= 4 is 0 Å². The van der Waals surface area contributed by atoms with Crippen LogP contribution in [0.4, 0.5) is 8.78 Å². The van der Waals surface area contributed by atoms with Crippen molar-refractivity contribution in [2.24, 2.45) is 0 Å². The van der Waals surface area contributed by atoms with Crippen LogP contribution >= 0.6 is 0 Å². The summed E-state index contributed by atoms with van der Waals surface area (Å²) in [5.74, 6) is 0. The molecule has 0 amide bonds. The third-order valence-electron chi connectivity index (χ3n) is 2.58. The molecule has 0 aliphatic heterocycles. The quantitative estimate of drug-likeness (QED) is 0.777. The van der Waals surface area contributed by atoms with Crippen molar-refractivity contribution in [3.05, 3.63) is 53.9 Å². The van der Waals surface area contributed by atoms with Crippen molar-refractivity contribution in [2.45, 2.75) is 25.8 Å². The number of hydrogen-bond acceptors (Lipinski definition) is 1. The van der Waals surface area contributed by atoms with Gasteiger partial charge in [0, 0.05) is 12.7 Å². The largest absolute Gasteiger partial charge is 0.282 e. The number of rotatable bonds is 5. The molecule has 1 heterocycles. The van der Waals surface area contributed by atoms with Gasteiger partial charge in [-0.15, -0.1) is 0 Å². The van der Waals surface area contributed by atoms with E-state index in [-0.39, 0.29) is 5.69 Å². The monoisotopic (exact) mass is 236 g/mol. The smallest absolute Gasteiger partial charge is 0.272 e. The van der Waals surface area contributed by atoms with Crippen LogP contribution in [0.2, 0.25) is 0 Å². The van der Waals surface area contributed by atoms with E-state index in [1.165, 1.54) is 11.6 Å². The lowest BCUT2D eigenvalue weighted by Crippen LogP contribution is -2.01. The average Bonchev–Trinajstić information content (AvgIpc) is 2.79. The first-order valence-corrected chi connectivity index (χ1v) is 5.61. The molecule has 0 fully saturated rings. The highest BCUT2D eigenvalue weighted by Crippen LogP contribution is 2.15. The summed E-state index contributed by atoms with van der Waals surface area (Å²) in [5, 5.41) is 3.81. The standard InChI is InChI=1S/C13H14F2N2/c14-13(15)12-8-10-17(16-12)9-4-7-11-5-2-1-3-6-11/h1-3,5-6,8,10,13H,4,7,9H2. The number of alkyl halides is 2. The highest BCUT2D eigenvalue weighted by molar-refractivity contribution is 5.14. The van der Waals surface area contributed by atoms with Crippen molar-refractivity contribution < 1.29 is 8.78 Å². The molecule has 90 valence electrons. The van der Waals surface area contributed by atoms with Crippen molar-refractivity contribution in [1.82, 2.24) is 9.78 Å².